The Labute approximate surface area is 183 Å². The Bertz CT molecular complexity index is 1380. The zero-order valence-corrected chi connectivity index (χ0v) is 17.3. The van der Waals surface area contributed by atoms with Gasteiger partial charge in [-0.3, -0.25) is 9.20 Å². The van der Waals surface area contributed by atoms with Crippen LogP contribution in [0.25, 0.3) is 22.4 Å². The number of nitrogens with zero attached hydrogens (tertiary/aromatic N) is 5. The third kappa shape index (κ3) is 3.87. The minimum Gasteiger partial charge on any atom is -0.352 e. The molecular weight excluding hydrogens is 412 g/mol. The van der Waals surface area contributed by atoms with Crippen molar-refractivity contribution in [1.82, 2.24) is 29.5 Å². The molecule has 0 saturated carbocycles. The molecule has 0 fully saturated rings. The van der Waals surface area contributed by atoms with Crippen molar-refractivity contribution in [3.8, 4) is 11.3 Å². The summed E-state index contributed by atoms with van der Waals surface area (Å²) in [6.45, 7) is 0.401. The molecule has 1 N–H and O–H groups in total. The van der Waals surface area contributed by atoms with Gasteiger partial charge in [-0.2, -0.15) is 5.10 Å². The molecule has 0 atom stereocenters. The quantitative estimate of drug-likeness (QED) is 0.442. The summed E-state index contributed by atoms with van der Waals surface area (Å²) < 4.78 is 3.71. The first-order chi connectivity index (χ1) is 15.2. The van der Waals surface area contributed by atoms with Gasteiger partial charge in [-0.15, -0.1) is 10.2 Å². The molecule has 0 bridgehead atoms. The van der Waals surface area contributed by atoms with Crippen LogP contribution in [0.2, 0.25) is 5.02 Å². The maximum Gasteiger partial charge on any atom is 0.220 e. The SMILES string of the molecule is O=C(CCc1nnc2c3cc(-c4ccccc4)nn3ccn12)NCc1ccccc1Cl. The van der Waals surface area contributed by atoms with E-state index in [1.165, 1.54) is 0 Å². The van der Waals surface area contributed by atoms with Gasteiger partial charge in [-0.25, -0.2) is 4.52 Å². The molecule has 8 heteroatoms. The van der Waals surface area contributed by atoms with Crippen molar-refractivity contribution in [3.63, 3.8) is 0 Å². The molecule has 0 aliphatic carbocycles. The molecule has 1 amide bonds. The Morgan fingerprint density at radius 3 is 2.65 bits per heavy atom. The van der Waals surface area contributed by atoms with E-state index in [0.717, 1.165) is 28.2 Å². The molecule has 2 aromatic carbocycles. The van der Waals surface area contributed by atoms with E-state index in [1.54, 1.807) is 4.52 Å². The molecule has 0 aliphatic rings. The van der Waals surface area contributed by atoms with E-state index in [2.05, 4.69) is 20.6 Å². The normalized spacial score (nSPS) is 11.3. The highest BCUT2D eigenvalue weighted by Gasteiger charge is 2.13. The Morgan fingerprint density at radius 1 is 1.00 bits per heavy atom. The smallest absolute Gasteiger partial charge is 0.220 e. The number of carbonyl (C=O) groups is 1. The number of hydrogen-bond donors (Lipinski definition) is 1. The fourth-order valence-electron chi connectivity index (χ4n) is 3.53. The number of hydrogen-bond acceptors (Lipinski definition) is 4. The van der Waals surface area contributed by atoms with E-state index < -0.39 is 0 Å². The molecule has 154 valence electrons. The lowest BCUT2D eigenvalue weighted by atomic mass is 10.1. The van der Waals surface area contributed by atoms with Crippen molar-refractivity contribution < 1.29 is 4.79 Å². The maximum atomic E-state index is 12.3. The number of aryl methyl sites for hydroxylation is 1. The van der Waals surface area contributed by atoms with Crippen molar-refractivity contribution >= 4 is 28.7 Å². The maximum absolute atomic E-state index is 12.3. The van der Waals surface area contributed by atoms with E-state index in [9.17, 15) is 4.79 Å². The average molecular weight is 431 g/mol. The molecule has 3 aromatic heterocycles. The van der Waals surface area contributed by atoms with Crippen LogP contribution in [0, 0.1) is 0 Å². The van der Waals surface area contributed by atoms with Crippen molar-refractivity contribution in [1.29, 1.82) is 0 Å². The molecular formula is C23H19ClN6O. The van der Waals surface area contributed by atoms with Crippen LogP contribution >= 0.6 is 11.6 Å². The summed E-state index contributed by atoms with van der Waals surface area (Å²) in [4.78, 5) is 12.3. The van der Waals surface area contributed by atoms with E-state index in [-0.39, 0.29) is 5.91 Å². The summed E-state index contributed by atoms with van der Waals surface area (Å²) in [5.41, 5.74) is 4.38. The molecule has 0 saturated heterocycles. The molecule has 0 radical (unpaired) electrons. The van der Waals surface area contributed by atoms with Crippen LogP contribution in [0.5, 0.6) is 0 Å². The van der Waals surface area contributed by atoms with Gasteiger partial charge in [-0.1, -0.05) is 60.1 Å². The fourth-order valence-corrected chi connectivity index (χ4v) is 3.73. The van der Waals surface area contributed by atoms with Crippen LogP contribution in [-0.2, 0) is 17.8 Å². The second-order valence-corrected chi connectivity index (χ2v) is 7.61. The van der Waals surface area contributed by atoms with E-state index in [0.29, 0.717) is 30.1 Å². The average Bonchev–Trinajstić information content (AvgIpc) is 3.41. The molecule has 0 aliphatic heterocycles. The van der Waals surface area contributed by atoms with Crippen molar-refractivity contribution in [2.45, 2.75) is 19.4 Å². The first-order valence-electron chi connectivity index (χ1n) is 9.96. The van der Waals surface area contributed by atoms with Crippen molar-refractivity contribution in [3.05, 3.63) is 89.5 Å². The lowest BCUT2D eigenvalue weighted by molar-refractivity contribution is -0.121. The summed E-state index contributed by atoms with van der Waals surface area (Å²) in [6.07, 6.45) is 4.54. The lowest BCUT2D eigenvalue weighted by Crippen LogP contribution is -2.23. The van der Waals surface area contributed by atoms with Gasteiger partial charge in [0.1, 0.15) is 11.3 Å². The van der Waals surface area contributed by atoms with Gasteiger partial charge in [0.25, 0.3) is 0 Å². The third-order valence-electron chi connectivity index (χ3n) is 5.17. The number of amides is 1. The van der Waals surface area contributed by atoms with Gasteiger partial charge < -0.3 is 5.32 Å². The minimum atomic E-state index is -0.0616. The highest BCUT2D eigenvalue weighted by molar-refractivity contribution is 6.31. The largest absolute Gasteiger partial charge is 0.352 e. The Kier molecular flexibility index (Phi) is 5.09. The molecule has 7 nitrogen and oxygen atoms in total. The molecule has 5 aromatic rings. The van der Waals surface area contributed by atoms with Crippen LogP contribution < -0.4 is 5.32 Å². The van der Waals surface area contributed by atoms with Crippen LogP contribution in [0.3, 0.4) is 0 Å². The fraction of sp³-hybridized carbons (Fsp3) is 0.130. The van der Waals surface area contributed by atoms with Crippen LogP contribution in [0.15, 0.2) is 73.1 Å². The summed E-state index contributed by atoms with van der Waals surface area (Å²) in [6, 6.07) is 19.5. The van der Waals surface area contributed by atoms with E-state index in [4.69, 9.17) is 11.6 Å². The summed E-state index contributed by atoms with van der Waals surface area (Å²) in [5.74, 6) is 0.668. The van der Waals surface area contributed by atoms with Crippen LogP contribution in [0.1, 0.15) is 17.8 Å². The zero-order valence-electron chi connectivity index (χ0n) is 16.6. The Morgan fingerprint density at radius 2 is 1.81 bits per heavy atom. The highest BCUT2D eigenvalue weighted by Crippen LogP contribution is 2.22. The van der Waals surface area contributed by atoms with Gasteiger partial charge in [0.15, 0.2) is 5.65 Å². The Hall–Kier alpha value is -3.71. The highest BCUT2D eigenvalue weighted by atomic mass is 35.5. The molecule has 3 heterocycles. The minimum absolute atomic E-state index is 0.0616. The monoisotopic (exact) mass is 430 g/mol. The van der Waals surface area contributed by atoms with Crippen molar-refractivity contribution in [2.24, 2.45) is 0 Å². The topological polar surface area (TPSA) is 76.6 Å². The predicted molar refractivity (Wildman–Crippen MR) is 119 cm³/mol. The number of fused-ring (bicyclic) bond motifs is 3. The third-order valence-corrected chi connectivity index (χ3v) is 5.54. The summed E-state index contributed by atoms with van der Waals surface area (Å²) >= 11 is 6.14. The summed E-state index contributed by atoms with van der Waals surface area (Å²) in [5, 5.41) is 16.8. The molecule has 0 spiro atoms. The number of carbonyl (C=O) groups excluding carboxylic acids is 1. The van der Waals surface area contributed by atoms with Gasteiger partial charge in [0.2, 0.25) is 5.91 Å². The first-order valence-corrected chi connectivity index (χ1v) is 10.3. The molecule has 31 heavy (non-hydrogen) atoms. The van der Waals surface area contributed by atoms with Crippen LogP contribution in [0.4, 0.5) is 0 Å². The van der Waals surface area contributed by atoms with Gasteiger partial charge >= 0.3 is 0 Å². The van der Waals surface area contributed by atoms with Crippen LogP contribution in [-0.4, -0.2) is 30.1 Å². The van der Waals surface area contributed by atoms with E-state index in [1.807, 2.05) is 77.5 Å². The summed E-state index contributed by atoms with van der Waals surface area (Å²) in [7, 11) is 0. The second kappa shape index (κ2) is 8.20. The van der Waals surface area contributed by atoms with Gasteiger partial charge in [0, 0.05) is 42.4 Å². The lowest BCUT2D eigenvalue weighted by Gasteiger charge is -2.06. The molecule has 5 rings (SSSR count). The molecule has 0 unspecified atom stereocenters. The number of halogens is 1. The van der Waals surface area contributed by atoms with Gasteiger partial charge in [-0.05, 0) is 17.7 Å². The van der Waals surface area contributed by atoms with E-state index >= 15 is 0 Å². The number of nitrogens with one attached hydrogen (secondary N) is 1. The number of rotatable bonds is 6. The zero-order chi connectivity index (χ0) is 21.2. The standard InChI is InChI=1S/C23H19ClN6O/c24-18-9-5-4-8-17(18)15-25-22(31)11-10-21-26-27-23-20-14-19(16-6-2-1-3-7-16)28-30(20)13-12-29(21)23/h1-9,12-14H,10-11,15H2,(H,25,31). The Balaban J connectivity index is 1.31. The van der Waals surface area contributed by atoms with Crippen molar-refractivity contribution in [2.75, 3.05) is 0 Å². The van der Waals surface area contributed by atoms with Gasteiger partial charge in [0.05, 0.1) is 5.69 Å². The predicted octanol–water partition coefficient (Wildman–Crippen LogP) is 3.95. The second-order valence-electron chi connectivity index (χ2n) is 7.20. The first kappa shape index (κ1) is 19.3. The number of aromatic nitrogens is 5. The number of benzene rings is 2.